The van der Waals surface area contributed by atoms with Crippen LogP contribution in [-0.4, -0.2) is 16.8 Å². The number of rotatable bonds is 4. The van der Waals surface area contributed by atoms with Gasteiger partial charge in [-0.3, -0.25) is 4.79 Å². The zero-order chi connectivity index (χ0) is 14.5. The standard InChI is InChI=1S/C15H20Cl2N2O/c16-14(17)13(10-6-8-11(18)9-7-10)15(20)19-12-4-2-1-3-5-12/h6-9,12-14H,1-5,18H2,(H,19,20). The van der Waals surface area contributed by atoms with E-state index in [0.29, 0.717) is 5.69 Å². The molecule has 1 saturated carbocycles. The lowest BCUT2D eigenvalue weighted by Gasteiger charge is -2.26. The fourth-order valence-corrected chi connectivity index (χ4v) is 3.17. The number of carbonyl (C=O) groups excluding carboxylic acids is 1. The molecule has 0 radical (unpaired) electrons. The average molecular weight is 315 g/mol. The van der Waals surface area contributed by atoms with E-state index in [9.17, 15) is 4.79 Å². The van der Waals surface area contributed by atoms with Crippen molar-refractivity contribution in [1.29, 1.82) is 0 Å². The van der Waals surface area contributed by atoms with Crippen molar-refractivity contribution < 1.29 is 4.79 Å². The number of anilines is 1. The van der Waals surface area contributed by atoms with Gasteiger partial charge in [-0.05, 0) is 30.5 Å². The van der Waals surface area contributed by atoms with Crippen molar-refractivity contribution in [3.63, 3.8) is 0 Å². The third-order valence-corrected chi connectivity index (χ3v) is 4.29. The Morgan fingerprint density at radius 3 is 2.30 bits per heavy atom. The largest absolute Gasteiger partial charge is 0.399 e. The molecule has 110 valence electrons. The molecule has 0 heterocycles. The Balaban J connectivity index is 2.07. The number of benzene rings is 1. The van der Waals surface area contributed by atoms with E-state index in [1.54, 1.807) is 24.3 Å². The summed E-state index contributed by atoms with van der Waals surface area (Å²) in [5.74, 6) is -0.655. The third-order valence-electron chi connectivity index (χ3n) is 3.78. The van der Waals surface area contributed by atoms with E-state index in [0.717, 1.165) is 18.4 Å². The number of carbonyl (C=O) groups is 1. The van der Waals surface area contributed by atoms with Crippen LogP contribution in [0.4, 0.5) is 5.69 Å². The van der Waals surface area contributed by atoms with Crippen molar-refractivity contribution >= 4 is 34.8 Å². The van der Waals surface area contributed by atoms with E-state index < -0.39 is 10.8 Å². The van der Waals surface area contributed by atoms with E-state index in [-0.39, 0.29) is 11.9 Å². The Hall–Kier alpha value is -0.930. The number of halogens is 2. The molecule has 1 aromatic rings. The molecule has 0 spiro atoms. The van der Waals surface area contributed by atoms with Crippen LogP contribution in [0.25, 0.3) is 0 Å². The van der Waals surface area contributed by atoms with Crippen LogP contribution >= 0.6 is 23.2 Å². The summed E-state index contributed by atoms with van der Waals surface area (Å²) in [5, 5.41) is 3.07. The molecule has 2 rings (SSSR count). The number of nitrogens with two attached hydrogens (primary N) is 1. The first kappa shape index (κ1) is 15.5. The van der Waals surface area contributed by atoms with E-state index in [4.69, 9.17) is 28.9 Å². The fourth-order valence-electron chi connectivity index (χ4n) is 2.65. The molecule has 1 amide bonds. The van der Waals surface area contributed by atoms with Crippen LogP contribution in [0.15, 0.2) is 24.3 Å². The molecule has 1 aliphatic carbocycles. The minimum atomic E-state index is -0.776. The minimum Gasteiger partial charge on any atom is -0.399 e. The van der Waals surface area contributed by atoms with Crippen molar-refractivity contribution in [3.8, 4) is 0 Å². The van der Waals surface area contributed by atoms with Crippen LogP contribution in [0.5, 0.6) is 0 Å². The van der Waals surface area contributed by atoms with Gasteiger partial charge in [0.25, 0.3) is 0 Å². The van der Waals surface area contributed by atoms with Gasteiger partial charge in [0.05, 0.1) is 5.92 Å². The predicted molar refractivity (Wildman–Crippen MR) is 84.1 cm³/mol. The summed E-state index contributed by atoms with van der Waals surface area (Å²) < 4.78 is 0. The van der Waals surface area contributed by atoms with Gasteiger partial charge in [0.2, 0.25) is 5.91 Å². The van der Waals surface area contributed by atoms with E-state index in [2.05, 4.69) is 5.32 Å². The Morgan fingerprint density at radius 1 is 1.15 bits per heavy atom. The van der Waals surface area contributed by atoms with Crippen molar-refractivity contribution in [2.75, 3.05) is 5.73 Å². The van der Waals surface area contributed by atoms with Gasteiger partial charge in [0, 0.05) is 11.7 Å². The van der Waals surface area contributed by atoms with Crippen LogP contribution in [0, 0.1) is 0 Å². The van der Waals surface area contributed by atoms with Gasteiger partial charge < -0.3 is 11.1 Å². The number of nitrogens with one attached hydrogen (secondary N) is 1. The maximum absolute atomic E-state index is 12.4. The van der Waals surface area contributed by atoms with Gasteiger partial charge in [-0.2, -0.15) is 0 Å². The number of nitrogen functional groups attached to an aromatic ring is 1. The second-order valence-electron chi connectivity index (χ2n) is 5.32. The summed E-state index contributed by atoms with van der Waals surface area (Å²) in [5.41, 5.74) is 7.11. The van der Waals surface area contributed by atoms with Crippen LogP contribution in [-0.2, 0) is 4.79 Å². The highest BCUT2D eigenvalue weighted by molar-refractivity contribution is 6.46. The fraction of sp³-hybridized carbons (Fsp3) is 0.533. The quantitative estimate of drug-likeness (QED) is 0.659. The topological polar surface area (TPSA) is 55.1 Å². The van der Waals surface area contributed by atoms with Gasteiger partial charge in [-0.1, -0.05) is 31.4 Å². The second kappa shape index (κ2) is 7.19. The molecule has 0 aliphatic heterocycles. The lowest BCUT2D eigenvalue weighted by atomic mass is 9.94. The normalized spacial score (nSPS) is 17.9. The van der Waals surface area contributed by atoms with Gasteiger partial charge in [-0.15, -0.1) is 23.2 Å². The van der Waals surface area contributed by atoms with Crippen molar-refractivity contribution in [1.82, 2.24) is 5.32 Å². The predicted octanol–water partition coefficient (Wildman–Crippen LogP) is 3.61. The SMILES string of the molecule is Nc1ccc(C(C(=O)NC2CCCCC2)C(Cl)Cl)cc1. The maximum atomic E-state index is 12.4. The Labute approximate surface area is 129 Å². The number of alkyl halides is 2. The Morgan fingerprint density at radius 2 is 1.75 bits per heavy atom. The summed E-state index contributed by atoms with van der Waals surface area (Å²) in [6.07, 6.45) is 5.66. The van der Waals surface area contributed by atoms with Crippen LogP contribution < -0.4 is 11.1 Å². The summed E-state index contributed by atoms with van der Waals surface area (Å²) in [6, 6.07) is 7.37. The molecule has 0 bridgehead atoms. The first-order valence-corrected chi connectivity index (χ1v) is 7.89. The zero-order valence-corrected chi connectivity index (χ0v) is 12.8. The smallest absolute Gasteiger partial charge is 0.230 e. The minimum absolute atomic E-state index is 0.100. The molecule has 0 aromatic heterocycles. The molecule has 20 heavy (non-hydrogen) atoms. The molecular weight excluding hydrogens is 295 g/mol. The van der Waals surface area contributed by atoms with Gasteiger partial charge >= 0.3 is 0 Å². The average Bonchev–Trinajstić information content (AvgIpc) is 2.42. The summed E-state index contributed by atoms with van der Waals surface area (Å²) in [6.45, 7) is 0. The first-order valence-electron chi connectivity index (χ1n) is 7.02. The Kier molecular flexibility index (Phi) is 5.55. The molecule has 1 atom stereocenters. The Bertz CT molecular complexity index is 442. The third kappa shape index (κ3) is 4.03. The molecule has 1 fully saturated rings. The van der Waals surface area contributed by atoms with Gasteiger partial charge in [0.15, 0.2) is 0 Å². The van der Waals surface area contributed by atoms with Gasteiger partial charge in [0.1, 0.15) is 4.84 Å². The van der Waals surface area contributed by atoms with Crippen LogP contribution in [0.3, 0.4) is 0 Å². The summed E-state index contributed by atoms with van der Waals surface area (Å²) in [4.78, 5) is 11.7. The van der Waals surface area contributed by atoms with Crippen molar-refractivity contribution in [3.05, 3.63) is 29.8 Å². The molecule has 0 saturated heterocycles. The molecular formula is C15H20Cl2N2O. The molecule has 3 nitrogen and oxygen atoms in total. The monoisotopic (exact) mass is 314 g/mol. The number of hydrogen-bond donors (Lipinski definition) is 2. The lowest BCUT2D eigenvalue weighted by Crippen LogP contribution is -2.40. The summed E-state index contributed by atoms with van der Waals surface area (Å²) >= 11 is 12.0. The maximum Gasteiger partial charge on any atom is 0.230 e. The molecule has 1 unspecified atom stereocenters. The first-order chi connectivity index (χ1) is 9.58. The van der Waals surface area contributed by atoms with Crippen LogP contribution in [0.2, 0.25) is 0 Å². The highest BCUT2D eigenvalue weighted by Gasteiger charge is 2.29. The molecule has 1 aromatic carbocycles. The summed E-state index contributed by atoms with van der Waals surface area (Å²) in [7, 11) is 0. The van der Waals surface area contributed by atoms with Crippen molar-refractivity contribution in [2.24, 2.45) is 0 Å². The molecule has 5 heteroatoms. The molecule has 1 aliphatic rings. The van der Waals surface area contributed by atoms with E-state index in [1.807, 2.05) is 0 Å². The molecule has 3 N–H and O–H groups in total. The highest BCUT2D eigenvalue weighted by atomic mass is 35.5. The number of hydrogen-bond acceptors (Lipinski definition) is 2. The van der Waals surface area contributed by atoms with Crippen molar-refractivity contribution in [2.45, 2.75) is 48.9 Å². The zero-order valence-electron chi connectivity index (χ0n) is 11.3. The second-order valence-corrected chi connectivity index (χ2v) is 6.49. The van der Waals surface area contributed by atoms with Gasteiger partial charge in [-0.25, -0.2) is 0 Å². The lowest BCUT2D eigenvalue weighted by molar-refractivity contribution is -0.123. The van der Waals surface area contributed by atoms with Crippen LogP contribution in [0.1, 0.15) is 43.6 Å². The van der Waals surface area contributed by atoms with E-state index >= 15 is 0 Å². The highest BCUT2D eigenvalue weighted by Crippen LogP contribution is 2.28. The van der Waals surface area contributed by atoms with E-state index in [1.165, 1.54) is 19.3 Å². The number of amides is 1.